The van der Waals surface area contributed by atoms with E-state index in [4.69, 9.17) is 21.7 Å². The fourth-order valence-electron chi connectivity index (χ4n) is 7.02. The van der Waals surface area contributed by atoms with Crippen LogP contribution in [0.15, 0.2) is 104 Å². The molecule has 252 valence electrons. The summed E-state index contributed by atoms with van der Waals surface area (Å²) in [5.41, 5.74) is 3.58. The average Bonchev–Trinajstić information content (AvgIpc) is 3.10. The summed E-state index contributed by atoms with van der Waals surface area (Å²) in [6.45, 7) is 6.23. The van der Waals surface area contributed by atoms with E-state index in [0.29, 0.717) is 35.3 Å². The first-order valence-corrected chi connectivity index (χ1v) is 18.5. The van der Waals surface area contributed by atoms with Crippen LogP contribution in [-0.4, -0.2) is 71.6 Å². The number of carbonyl (C=O) groups excluding carboxylic acids is 1. The number of nitrogens with two attached hydrogens (primary N) is 1. The number of para-hydroxylation sites is 1. The molecule has 0 saturated carbocycles. The Morgan fingerprint density at radius 3 is 2.52 bits per heavy atom. The van der Waals surface area contributed by atoms with Crippen molar-refractivity contribution in [3.05, 3.63) is 125 Å². The van der Waals surface area contributed by atoms with Gasteiger partial charge >= 0.3 is 8.80 Å². The number of ether oxygens (including phenoxy) is 1. The molecule has 7 rings (SSSR count). The van der Waals surface area contributed by atoms with E-state index in [9.17, 15) is 9.90 Å². The number of anilines is 1. The standard InChI is InChI=1S/C38H36ClN7O3Si/c1-38(2)27-12-4-8-16-32(27)50(38)31-15-7-3-11-25(31)34(47)24-20-46(21-24)22-30(36(48)45-33-17-9-10-18-41-33)49-37-26(19-40)35(42-23-43-37)44-29-14-6-5-13-28(29)39/h3-19,23-24,30,34,47H,20-22H2,1-2H3,(H2-,40,41,42,43,44,45,48)/p+3. The smallest absolute Gasteiger partial charge is 0.402 e. The second-order valence-electron chi connectivity index (χ2n) is 13.2. The Bertz CT molecular complexity index is 2030. The SMILES string of the molecule is CC1(C)c2ccccc2[Si+]1c1ccccc1C([OH2+])C1CN(CC(Oc2ncnc([NH2+]c3ccccc3Cl)c2C=N)C(=O)Nc2ccccn2)C1. The van der Waals surface area contributed by atoms with Gasteiger partial charge in [-0.2, -0.15) is 4.98 Å². The molecular weight excluding hydrogens is 666 g/mol. The number of amides is 1. The monoisotopic (exact) mass is 704 g/mol. The lowest BCUT2D eigenvalue weighted by molar-refractivity contribution is -0.483. The van der Waals surface area contributed by atoms with Crippen molar-refractivity contribution in [1.82, 2.24) is 19.9 Å². The van der Waals surface area contributed by atoms with Gasteiger partial charge in [-0.25, -0.2) is 9.97 Å². The molecule has 3 aromatic carbocycles. The zero-order valence-corrected chi connectivity index (χ0v) is 29.6. The van der Waals surface area contributed by atoms with Gasteiger partial charge in [0.05, 0.1) is 11.5 Å². The Kier molecular flexibility index (Phi) is 9.58. The van der Waals surface area contributed by atoms with Gasteiger partial charge in [-0.3, -0.25) is 15.0 Å². The normalized spacial score (nSPS) is 16.4. The van der Waals surface area contributed by atoms with Crippen LogP contribution in [0.4, 0.5) is 17.3 Å². The summed E-state index contributed by atoms with van der Waals surface area (Å²) >= 11 is 6.39. The third-order valence-electron chi connectivity index (χ3n) is 9.62. The van der Waals surface area contributed by atoms with Gasteiger partial charge < -0.3 is 20.6 Å². The Balaban J connectivity index is 1.09. The molecule has 50 heavy (non-hydrogen) atoms. The zero-order chi connectivity index (χ0) is 34.8. The topological polar surface area (TPSA) is 144 Å². The summed E-state index contributed by atoms with van der Waals surface area (Å²) < 4.78 is 6.32. The molecule has 0 spiro atoms. The number of hydrogen-bond acceptors (Lipinski definition) is 7. The molecule has 1 saturated heterocycles. The van der Waals surface area contributed by atoms with Gasteiger partial charge in [-0.1, -0.05) is 60.1 Å². The van der Waals surface area contributed by atoms with E-state index in [1.54, 1.807) is 35.8 Å². The Morgan fingerprint density at radius 1 is 1.04 bits per heavy atom. The quantitative estimate of drug-likeness (QED) is 0.0788. The minimum atomic E-state index is -1.04. The number of pyridine rings is 1. The van der Waals surface area contributed by atoms with Gasteiger partial charge in [-0.05, 0) is 50.2 Å². The number of benzene rings is 3. The summed E-state index contributed by atoms with van der Waals surface area (Å²) in [5, 5.41) is 25.6. The van der Waals surface area contributed by atoms with E-state index in [1.807, 2.05) is 24.3 Å². The maximum Gasteiger partial charge on any atom is 0.402 e. The molecule has 2 unspecified atom stereocenters. The number of aromatic nitrogens is 3. The van der Waals surface area contributed by atoms with Crippen molar-refractivity contribution in [1.29, 1.82) is 5.41 Å². The summed E-state index contributed by atoms with van der Waals surface area (Å²) in [5.74, 6) is 0.681. The molecule has 2 aromatic heterocycles. The Hall–Kier alpha value is -4.78. The van der Waals surface area contributed by atoms with Gasteiger partial charge in [0.15, 0.2) is 17.9 Å². The number of nitrogens with zero attached hydrogens (tertiary/aromatic N) is 4. The van der Waals surface area contributed by atoms with E-state index in [2.05, 4.69) is 81.5 Å². The van der Waals surface area contributed by atoms with E-state index in [-0.39, 0.29) is 35.4 Å². The van der Waals surface area contributed by atoms with Crippen molar-refractivity contribution >= 4 is 60.2 Å². The number of fused-ring (bicyclic) bond motifs is 1. The maximum atomic E-state index is 13.7. The van der Waals surface area contributed by atoms with Gasteiger partial charge in [0.2, 0.25) is 11.7 Å². The molecule has 12 heteroatoms. The number of rotatable bonds is 12. The molecule has 0 aliphatic carbocycles. The van der Waals surface area contributed by atoms with Crippen LogP contribution in [0.1, 0.15) is 36.6 Å². The summed E-state index contributed by atoms with van der Waals surface area (Å²) in [4.78, 5) is 28.8. The molecule has 1 amide bonds. The maximum absolute atomic E-state index is 13.7. The first-order chi connectivity index (χ1) is 24.2. The first kappa shape index (κ1) is 33.7. The highest BCUT2D eigenvalue weighted by molar-refractivity contribution is 6.92. The van der Waals surface area contributed by atoms with E-state index >= 15 is 0 Å². The van der Waals surface area contributed by atoms with Crippen LogP contribution in [0.25, 0.3) is 0 Å². The first-order valence-electron chi connectivity index (χ1n) is 16.6. The van der Waals surface area contributed by atoms with Crippen molar-refractivity contribution in [2.45, 2.75) is 31.1 Å². The molecule has 2 aliphatic heterocycles. The Labute approximate surface area is 297 Å². The third-order valence-corrected chi connectivity index (χ3v) is 13.5. The summed E-state index contributed by atoms with van der Waals surface area (Å²) in [7, 11) is -1.04. The highest BCUT2D eigenvalue weighted by Gasteiger charge is 2.63. The minimum Gasteiger partial charge on any atom is -0.462 e. The van der Waals surface area contributed by atoms with E-state index in [1.165, 1.54) is 22.3 Å². The van der Waals surface area contributed by atoms with E-state index < -0.39 is 14.9 Å². The molecule has 0 radical (unpaired) electrons. The highest BCUT2D eigenvalue weighted by atomic mass is 35.5. The fourth-order valence-corrected chi connectivity index (χ4v) is 10.9. The van der Waals surface area contributed by atoms with Crippen molar-refractivity contribution < 1.29 is 20.0 Å². The number of carbonyl (C=O) groups is 1. The number of halogens is 1. The van der Waals surface area contributed by atoms with Gasteiger partial charge in [-0.15, -0.1) is 0 Å². The lowest BCUT2D eigenvalue weighted by Gasteiger charge is -2.41. The number of nitrogens with one attached hydrogen (secondary N) is 2. The van der Waals surface area contributed by atoms with Gasteiger partial charge in [0.25, 0.3) is 5.91 Å². The van der Waals surface area contributed by atoms with Crippen molar-refractivity contribution in [2.24, 2.45) is 5.92 Å². The van der Waals surface area contributed by atoms with Crippen LogP contribution in [0.3, 0.4) is 0 Å². The van der Waals surface area contributed by atoms with Crippen LogP contribution in [0.5, 0.6) is 5.88 Å². The number of quaternary nitrogens is 1. The van der Waals surface area contributed by atoms with Crippen molar-refractivity contribution in [2.75, 3.05) is 25.0 Å². The molecule has 0 bridgehead atoms. The molecule has 2 aliphatic rings. The molecule has 4 heterocycles. The lowest BCUT2D eigenvalue weighted by atomic mass is 9.88. The van der Waals surface area contributed by atoms with Crippen LogP contribution in [0.2, 0.25) is 5.02 Å². The predicted molar refractivity (Wildman–Crippen MR) is 197 cm³/mol. The number of hydrogen-bond donors (Lipinski definition) is 3. The minimum absolute atomic E-state index is 0.0928. The fraction of sp³-hybridized carbons (Fsp3) is 0.237. The Morgan fingerprint density at radius 2 is 1.76 bits per heavy atom. The lowest BCUT2D eigenvalue weighted by Crippen LogP contribution is -2.72. The second kappa shape index (κ2) is 14.2. The molecule has 1 fully saturated rings. The molecule has 2 atom stereocenters. The highest BCUT2D eigenvalue weighted by Crippen LogP contribution is 2.37. The molecule has 10 nitrogen and oxygen atoms in total. The van der Waals surface area contributed by atoms with Crippen molar-refractivity contribution in [3.8, 4) is 5.88 Å². The van der Waals surface area contributed by atoms with Crippen LogP contribution in [-0.2, 0) is 9.83 Å². The molecular formula is C38H39ClN7O3Si+3. The van der Waals surface area contributed by atoms with Gasteiger partial charge in [0.1, 0.15) is 38.1 Å². The molecule has 5 aromatic rings. The third kappa shape index (κ3) is 6.58. The van der Waals surface area contributed by atoms with Crippen LogP contribution >= 0.6 is 11.6 Å². The van der Waals surface area contributed by atoms with Crippen molar-refractivity contribution in [3.63, 3.8) is 0 Å². The number of likely N-dealkylation sites (tertiary alicyclic amines) is 1. The molecule has 6 N–H and O–H groups in total. The zero-order valence-electron chi connectivity index (χ0n) is 27.8. The largest absolute Gasteiger partial charge is 0.462 e. The van der Waals surface area contributed by atoms with Crippen LogP contribution < -0.4 is 25.7 Å². The summed E-state index contributed by atoms with van der Waals surface area (Å²) in [6.07, 6.45) is 2.72. The van der Waals surface area contributed by atoms with E-state index in [0.717, 1.165) is 17.5 Å². The van der Waals surface area contributed by atoms with Crippen LogP contribution in [0, 0.1) is 11.3 Å². The average molecular weight is 705 g/mol. The van der Waals surface area contributed by atoms with Gasteiger partial charge in [0, 0.05) is 43.7 Å². The predicted octanol–water partition coefficient (Wildman–Crippen LogP) is 3.27. The summed E-state index contributed by atoms with van der Waals surface area (Å²) in [6, 6.07) is 29.9. The second-order valence-corrected chi connectivity index (χ2v) is 16.7.